The maximum absolute atomic E-state index is 12.7. The molecular weight excluding hydrogens is 526 g/mol. The minimum Gasteiger partial charge on any atom is -0.383 e. The summed E-state index contributed by atoms with van der Waals surface area (Å²) in [5, 5.41) is 3.47. The second-order valence-corrected chi connectivity index (χ2v) is 9.53. The molecule has 1 aliphatic heterocycles. The van der Waals surface area contributed by atoms with Crippen molar-refractivity contribution in [3.8, 4) is 0 Å². The van der Waals surface area contributed by atoms with Crippen LogP contribution in [0.15, 0.2) is 0 Å². The van der Waals surface area contributed by atoms with Crippen LogP contribution in [0, 0.1) is 0 Å². The molecule has 0 radical (unpaired) electrons. The van der Waals surface area contributed by atoms with Gasteiger partial charge in [-0.05, 0) is 12.8 Å². The molecule has 0 aliphatic carbocycles. The topological polar surface area (TPSA) is 121 Å². The molecule has 13 heteroatoms. The van der Waals surface area contributed by atoms with E-state index in [-0.39, 0.29) is 12.5 Å². The molecule has 0 unspecified atom stereocenters. The molecule has 1 N–H and O–H groups in total. The number of fused-ring (bicyclic) bond motifs is 1. The van der Waals surface area contributed by atoms with E-state index in [0.29, 0.717) is 87.1 Å². The minimum atomic E-state index is 0.0384. The average Bonchev–Trinajstić information content (AvgIpc) is 3.00. The smallest absolute Gasteiger partial charge is 0.241 e. The van der Waals surface area contributed by atoms with Crippen LogP contribution in [-0.2, 0) is 19.0 Å². The zero-order valence-corrected chi connectivity index (χ0v) is 26.4. The number of hydrogen-bond donors (Lipinski definition) is 1. The molecule has 0 atom stereocenters. The third-order valence-electron chi connectivity index (χ3n) is 6.56. The number of rotatable bonds is 17. The lowest BCUT2D eigenvalue weighted by Gasteiger charge is -2.34. The van der Waals surface area contributed by atoms with Crippen LogP contribution in [0.25, 0.3) is 11.0 Å². The van der Waals surface area contributed by atoms with Crippen LogP contribution in [0.4, 0.5) is 23.5 Å². The second-order valence-electron chi connectivity index (χ2n) is 9.53. The normalized spacial score (nSPS) is 13.3. The van der Waals surface area contributed by atoms with Crippen molar-refractivity contribution in [1.29, 1.82) is 0 Å². The number of piperazine rings is 1. The van der Waals surface area contributed by atoms with Gasteiger partial charge in [-0.2, -0.15) is 9.97 Å². The number of nitrogens with one attached hydrogen (secondary N) is 1. The van der Waals surface area contributed by atoms with Crippen molar-refractivity contribution in [3.05, 3.63) is 0 Å². The van der Waals surface area contributed by atoms with Crippen LogP contribution in [0.1, 0.15) is 40.5 Å². The number of ether oxygens (including phenoxy) is 3. The summed E-state index contributed by atoms with van der Waals surface area (Å²) in [5.74, 6) is 2.44. The summed E-state index contributed by atoms with van der Waals surface area (Å²) in [6.07, 6.45) is 1.86. The van der Waals surface area contributed by atoms with Crippen molar-refractivity contribution >= 4 is 40.5 Å². The first-order valence-electron chi connectivity index (χ1n) is 14.8. The summed E-state index contributed by atoms with van der Waals surface area (Å²) in [7, 11) is 6.86. The van der Waals surface area contributed by atoms with Crippen LogP contribution in [0.2, 0.25) is 0 Å². The maximum Gasteiger partial charge on any atom is 0.241 e. The lowest BCUT2D eigenvalue weighted by atomic mass is 10.2. The molecule has 0 bridgehead atoms. The van der Waals surface area contributed by atoms with Crippen molar-refractivity contribution in [3.63, 3.8) is 0 Å². The molecule has 2 aromatic heterocycles. The van der Waals surface area contributed by atoms with E-state index >= 15 is 0 Å². The van der Waals surface area contributed by atoms with Gasteiger partial charge >= 0.3 is 0 Å². The molecule has 41 heavy (non-hydrogen) atoms. The summed E-state index contributed by atoms with van der Waals surface area (Å²) in [5.41, 5.74) is 1.25. The Morgan fingerprint density at radius 2 is 1.34 bits per heavy atom. The van der Waals surface area contributed by atoms with Gasteiger partial charge in [0.15, 0.2) is 11.6 Å². The number of anilines is 4. The van der Waals surface area contributed by atoms with E-state index in [2.05, 4.69) is 24.1 Å². The molecule has 232 valence electrons. The van der Waals surface area contributed by atoms with Gasteiger partial charge in [-0.15, -0.1) is 0 Å². The Bertz CT molecular complexity index is 1050. The van der Waals surface area contributed by atoms with Crippen molar-refractivity contribution < 1.29 is 19.0 Å². The molecule has 1 fully saturated rings. The van der Waals surface area contributed by atoms with E-state index < -0.39 is 0 Å². The molecule has 2 aromatic rings. The molecule has 13 nitrogen and oxygen atoms in total. The molecular formula is C28H51N9O4. The van der Waals surface area contributed by atoms with E-state index in [4.69, 9.17) is 34.1 Å². The van der Waals surface area contributed by atoms with Gasteiger partial charge in [0.2, 0.25) is 17.8 Å². The summed E-state index contributed by atoms with van der Waals surface area (Å²) < 4.78 is 16.1. The fraction of sp³-hybridized carbons (Fsp3) is 0.750. The monoisotopic (exact) mass is 577 g/mol. The zero-order valence-electron chi connectivity index (χ0n) is 26.4. The molecule has 1 saturated heterocycles. The van der Waals surface area contributed by atoms with Crippen molar-refractivity contribution in [2.75, 3.05) is 121 Å². The minimum absolute atomic E-state index is 0.0384. The predicted octanol–water partition coefficient (Wildman–Crippen LogP) is 2.51. The Morgan fingerprint density at radius 1 is 0.780 bits per heavy atom. The van der Waals surface area contributed by atoms with E-state index in [0.717, 1.165) is 25.9 Å². The standard InChI is InChI=1S/C26H45N9O4.C2H6/c1-7-9-27-23-21-22(29-25(30-23)33(10-8-2)13-16-37-4)24(35-12-11-32(3)20(36)19-35)31-26(28-21)34(14-17-38-5)15-18-39-6;1-2/h7-19H2,1-6H3,(H,27,29,30);1-2H3. The van der Waals surface area contributed by atoms with Crippen LogP contribution in [0.3, 0.4) is 0 Å². The number of carbonyl (C=O) groups excluding carboxylic acids is 1. The number of methoxy groups -OCH3 is 3. The zero-order chi connectivity index (χ0) is 30.2. The highest BCUT2D eigenvalue weighted by Crippen LogP contribution is 2.32. The quantitative estimate of drug-likeness (QED) is 0.297. The van der Waals surface area contributed by atoms with Gasteiger partial charge in [-0.1, -0.05) is 27.7 Å². The first-order valence-corrected chi connectivity index (χ1v) is 14.8. The third kappa shape index (κ3) is 9.50. The number of amides is 1. The van der Waals surface area contributed by atoms with Crippen LogP contribution < -0.4 is 20.0 Å². The van der Waals surface area contributed by atoms with Crippen LogP contribution in [0.5, 0.6) is 0 Å². The van der Waals surface area contributed by atoms with Crippen molar-refractivity contribution in [2.45, 2.75) is 40.5 Å². The van der Waals surface area contributed by atoms with Crippen LogP contribution in [-0.4, -0.2) is 131 Å². The summed E-state index contributed by atoms with van der Waals surface area (Å²) in [6, 6.07) is 0. The lowest BCUT2D eigenvalue weighted by Crippen LogP contribution is -2.49. The first-order chi connectivity index (χ1) is 20.0. The summed E-state index contributed by atoms with van der Waals surface area (Å²) >= 11 is 0. The van der Waals surface area contributed by atoms with E-state index in [1.54, 1.807) is 26.2 Å². The van der Waals surface area contributed by atoms with Gasteiger partial charge in [-0.3, -0.25) is 4.79 Å². The van der Waals surface area contributed by atoms with Crippen molar-refractivity contribution in [1.82, 2.24) is 24.8 Å². The highest BCUT2D eigenvalue weighted by molar-refractivity contribution is 5.96. The second kappa shape index (κ2) is 18.4. The largest absolute Gasteiger partial charge is 0.383 e. The number of hydrogen-bond acceptors (Lipinski definition) is 12. The number of nitrogens with zero attached hydrogens (tertiary/aromatic N) is 8. The van der Waals surface area contributed by atoms with Gasteiger partial charge < -0.3 is 39.1 Å². The fourth-order valence-electron chi connectivity index (χ4n) is 4.28. The highest BCUT2D eigenvalue weighted by Gasteiger charge is 2.28. The Morgan fingerprint density at radius 3 is 1.88 bits per heavy atom. The Labute approximate surface area is 245 Å². The molecule has 3 rings (SSSR count). The van der Waals surface area contributed by atoms with E-state index in [1.807, 2.05) is 30.7 Å². The van der Waals surface area contributed by atoms with Gasteiger partial charge in [0, 0.05) is 74.2 Å². The van der Waals surface area contributed by atoms with Gasteiger partial charge in [0.25, 0.3) is 0 Å². The Hall–Kier alpha value is -3.03. The van der Waals surface area contributed by atoms with Gasteiger partial charge in [0.1, 0.15) is 11.0 Å². The fourth-order valence-corrected chi connectivity index (χ4v) is 4.28. The van der Waals surface area contributed by atoms with Gasteiger partial charge in [0.05, 0.1) is 26.4 Å². The Balaban J connectivity index is 0.00000287. The van der Waals surface area contributed by atoms with E-state index in [1.165, 1.54) is 0 Å². The SMILES string of the molecule is CC.CCCNc1nc(N(CCC)CCOC)nc2c(N3CCN(C)C(=O)C3)nc(N(CCOC)CCOC)nc12. The molecule has 0 aromatic carbocycles. The Kier molecular flexibility index (Phi) is 15.3. The average molecular weight is 578 g/mol. The van der Waals surface area contributed by atoms with Crippen molar-refractivity contribution in [2.24, 2.45) is 0 Å². The first kappa shape index (κ1) is 34.2. The van der Waals surface area contributed by atoms with E-state index in [9.17, 15) is 4.79 Å². The molecule has 0 spiro atoms. The number of aromatic nitrogens is 4. The molecule has 0 saturated carbocycles. The molecule has 1 aliphatic rings. The molecule has 3 heterocycles. The lowest BCUT2D eigenvalue weighted by molar-refractivity contribution is -0.129. The summed E-state index contributed by atoms with van der Waals surface area (Å²) in [6.45, 7) is 14.6. The van der Waals surface area contributed by atoms with Crippen LogP contribution >= 0.6 is 0 Å². The molecule has 1 amide bonds. The number of likely N-dealkylation sites (N-methyl/N-ethyl adjacent to an activating group) is 1. The third-order valence-corrected chi connectivity index (χ3v) is 6.56. The summed E-state index contributed by atoms with van der Waals surface area (Å²) in [4.78, 5) is 40.6. The number of carbonyl (C=O) groups is 1. The maximum atomic E-state index is 12.7. The highest BCUT2D eigenvalue weighted by atomic mass is 16.5. The predicted molar refractivity (Wildman–Crippen MR) is 165 cm³/mol. The van der Waals surface area contributed by atoms with Gasteiger partial charge in [-0.25, -0.2) is 9.97 Å².